The molecule has 1 spiro atoms. The lowest BCUT2D eigenvalue weighted by Gasteiger charge is -2.47. The van der Waals surface area contributed by atoms with Crippen molar-refractivity contribution in [1.29, 1.82) is 0 Å². The molecule has 0 unspecified atom stereocenters. The molecule has 3 aliphatic rings. The Hall–Kier alpha value is -1.64. The fourth-order valence-corrected chi connectivity index (χ4v) is 3.91. The molecule has 6 nitrogen and oxygen atoms in total. The Morgan fingerprint density at radius 3 is 2.28 bits per heavy atom. The van der Waals surface area contributed by atoms with E-state index in [-0.39, 0.29) is 11.9 Å². The number of likely N-dealkylation sites (tertiary alicyclic amines) is 1. The largest absolute Gasteiger partial charge is 0.497 e. The highest BCUT2D eigenvalue weighted by Crippen LogP contribution is 2.44. The Labute approximate surface area is 171 Å². The zero-order valence-corrected chi connectivity index (χ0v) is 18.2. The third-order valence-electron chi connectivity index (χ3n) is 6.27. The van der Waals surface area contributed by atoms with Gasteiger partial charge in [-0.2, -0.15) is 0 Å². The van der Waals surface area contributed by atoms with Crippen molar-refractivity contribution in [2.24, 2.45) is 0 Å². The van der Waals surface area contributed by atoms with Crippen LogP contribution in [0.5, 0.6) is 0 Å². The van der Waals surface area contributed by atoms with Gasteiger partial charge in [0.2, 0.25) is 0 Å². The molecule has 0 atom stereocenters. The summed E-state index contributed by atoms with van der Waals surface area (Å²) in [5.41, 5.74) is -0.230. The van der Waals surface area contributed by atoms with Crippen LogP contribution in [0.15, 0.2) is 12.1 Å². The summed E-state index contributed by atoms with van der Waals surface area (Å²) in [7, 11) is -0.762. The van der Waals surface area contributed by atoms with Crippen molar-refractivity contribution < 1.29 is 28.0 Å². The van der Waals surface area contributed by atoms with E-state index in [1.165, 1.54) is 6.07 Å². The Balaban J connectivity index is 1.53. The second-order valence-corrected chi connectivity index (χ2v) is 10.2. The Morgan fingerprint density at radius 1 is 1.14 bits per heavy atom. The van der Waals surface area contributed by atoms with Crippen LogP contribution < -0.4 is 5.46 Å². The maximum absolute atomic E-state index is 15.1. The summed E-state index contributed by atoms with van der Waals surface area (Å²) in [6.45, 7) is 14.3. The first-order valence-corrected chi connectivity index (χ1v) is 10.0. The Kier molecular flexibility index (Phi) is 4.40. The number of halogens is 1. The number of benzene rings is 1. The van der Waals surface area contributed by atoms with E-state index in [0.717, 1.165) is 11.1 Å². The van der Waals surface area contributed by atoms with Crippen LogP contribution in [0.25, 0.3) is 0 Å². The van der Waals surface area contributed by atoms with E-state index in [4.69, 9.17) is 18.8 Å². The van der Waals surface area contributed by atoms with Gasteiger partial charge in [-0.1, -0.05) is 6.07 Å². The Bertz CT molecular complexity index is 841. The van der Waals surface area contributed by atoms with E-state index in [1.807, 2.05) is 48.5 Å². The van der Waals surface area contributed by atoms with Crippen LogP contribution in [0.2, 0.25) is 0 Å². The molecule has 0 bridgehead atoms. The van der Waals surface area contributed by atoms with Crippen molar-refractivity contribution in [2.45, 2.75) is 77.5 Å². The number of carbonyl (C=O) groups is 1. The van der Waals surface area contributed by atoms with Gasteiger partial charge in [-0.3, -0.25) is 0 Å². The molecule has 1 aromatic rings. The number of hydrogen-bond donors (Lipinski definition) is 0. The summed E-state index contributed by atoms with van der Waals surface area (Å²) in [4.78, 5) is 13.8. The molecule has 0 aliphatic carbocycles. The van der Waals surface area contributed by atoms with Crippen molar-refractivity contribution in [2.75, 3.05) is 13.1 Å². The van der Waals surface area contributed by atoms with E-state index in [9.17, 15) is 4.79 Å². The lowest BCUT2D eigenvalue weighted by molar-refractivity contribution is -0.137. The maximum Gasteiger partial charge on any atom is 0.497 e. The highest BCUT2D eigenvalue weighted by Gasteiger charge is 2.55. The minimum atomic E-state index is -0.762. The zero-order valence-electron chi connectivity index (χ0n) is 18.2. The first-order valence-electron chi connectivity index (χ1n) is 10.0. The lowest BCUT2D eigenvalue weighted by atomic mass is 9.75. The number of hydrogen-bond acceptors (Lipinski definition) is 5. The highest BCUT2D eigenvalue weighted by molar-refractivity contribution is 6.62. The molecule has 1 aromatic carbocycles. The van der Waals surface area contributed by atoms with Gasteiger partial charge >= 0.3 is 13.2 Å². The number of amides is 1. The van der Waals surface area contributed by atoms with Crippen LogP contribution in [0.1, 0.15) is 59.6 Å². The van der Waals surface area contributed by atoms with Crippen LogP contribution in [0.4, 0.5) is 9.18 Å². The number of nitrogens with zero attached hydrogens (tertiary/aromatic N) is 1. The van der Waals surface area contributed by atoms with Crippen LogP contribution in [-0.4, -0.2) is 48.0 Å². The van der Waals surface area contributed by atoms with E-state index in [2.05, 4.69) is 0 Å². The third-order valence-corrected chi connectivity index (χ3v) is 6.27. The fourth-order valence-electron chi connectivity index (χ4n) is 3.91. The molecule has 1 amide bonds. The predicted octanol–water partition coefficient (Wildman–Crippen LogP) is 3.10. The van der Waals surface area contributed by atoms with Gasteiger partial charge in [-0.15, -0.1) is 0 Å². The minimum absolute atomic E-state index is 0.351. The lowest BCUT2D eigenvalue weighted by Crippen LogP contribution is -2.61. The van der Waals surface area contributed by atoms with Crippen molar-refractivity contribution in [1.82, 2.24) is 4.90 Å². The summed E-state index contributed by atoms with van der Waals surface area (Å²) in [5.74, 6) is -0.386. The second kappa shape index (κ2) is 6.19. The van der Waals surface area contributed by atoms with Crippen molar-refractivity contribution in [3.05, 3.63) is 29.1 Å². The maximum atomic E-state index is 15.1. The van der Waals surface area contributed by atoms with Gasteiger partial charge in [-0.05, 0) is 65.7 Å². The summed E-state index contributed by atoms with van der Waals surface area (Å²) in [6.07, 6.45) is -0.380. The molecule has 158 valence electrons. The molecule has 29 heavy (non-hydrogen) atoms. The highest BCUT2D eigenvalue weighted by atomic mass is 19.1. The molecule has 2 fully saturated rings. The zero-order chi connectivity index (χ0) is 21.4. The molecule has 0 radical (unpaired) electrons. The smallest absolute Gasteiger partial charge is 0.444 e. The molecular formula is C21H29BFNO5. The molecule has 0 N–H and O–H groups in total. The molecule has 3 aliphatic heterocycles. The topological polar surface area (TPSA) is 57.2 Å². The SMILES string of the molecule is CC(C)(C)OC(=O)N1CC2(C1)OCc1cc(B3OC(C)(C)C(C)(C)O3)c(F)cc12. The quantitative estimate of drug-likeness (QED) is 0.673. The number of rotatable bonds is 1. The van der Waals surface area contributed by atoms with E-state index < -0.39 is 29.5 Å². The number of fused-ring (bicyclic) bond motifs is 2. The van der Waals surface area contributed by atoms with Crippen LogP contribution in [0.3, 0.4) is 0 Å². The first-order chi connectivity index (χ1) is 13.2. The molecule has 0 aromatic heterocycles. The van der Waals surface area contributed by atoms with Crippen LogP contribution in [0, 0.1) is 5.82 Å². The van der Waals surface area contributed by atoms with E-state index in [1.54, 1.807) is 11.0 Å². The van der Waals surface area contributed by atoms with Gasteiger partial charge in [0.05, 0.1) is 30.9 Å². The summed E-state index contributed by atoms with van der Waals surface area (Å²) in [6, 6.07) is 3.28. The van der Waals surface area contributed by atoms with Gasteiger partial charge in [0.1, 0.15) is 17.0 Å². The standard InChI is InChI=1S/C21H29BFNO5/c1-18(2,3)27-17(25)24-11-21(12-24)14-9-16(23)15(8-13(14)10-26-21)22-28-19(4,5)20(6,7)29-22/h8-9H,10-12H2,1-7H3. The average Bonchev–Trinajstić information content (AvgIpc) is 2.97. The number of carbonyl (C=O) groups excluding carboxylic acids is 1. The molecular weight excluding hydrogens is 376 g/mol. The first kappa shape index (κ1) is 20.6. The van der Waals surface area contributed by atoms with Gasteiger partial charge in [0.25, 0.3) is 0 Å². The minimum Gasteiger partial charge on any atom is -0.444 e. The van der Waals surface area contributed by atoms with E-state index >= 15 is 4.39 Å². The number of ether oxygens (including phenoxy) is 2. The van der Waals surface area contributed by atoms with Crippen molar-refractivity contribution in [3.63, 3.8) is 0 Å². The predicted molar refractivity (Wildman–Crippen MR) is 106 cm³/mol. The third kappa shape index (κ3) is 3.35. The monoisotopic (exact) mass is 405 g/mol. The molecule has 3 heterocycles. The Morgan fingerprint density at radius 2 is 1.72 bits per heavy atom. The molecule has 8 heteroatoms. The van der Waals surface area contributed by atoms with Crippen LogP contribution in [-0.2, 0) is 31.0 Å². The fraction of sp³-hybridized carbons (Fsp3) is 0.667. The van der Waals surface area contributed by atoms with Gasteiger partial charge < -0.3 is 23.7 Å². The van der Waals surface area contributed by atoms with E-state index in [0.29, 0.717) is 25.2 Å². The normalized spacial score (nSPS) is 23.9. The molecule has 2 saturated heterocycles. The molecule has 4 rings (SSSR count). The summed E-state index contributed by atoms with van der Waals surface area (Å²) in [5, 5.41) is 0. The van der Waals surface area contributed by atoms with Crippen LogP contribution >= 0.6 is 0 Å². The van der Waals surface area contributed by atoms with Gasteiger partial charge in [0.15, 0.2) is 0 Å². The summed E-state index contributed by atoms with van der Waals surface area (Å²) < 4.78 is 38.5. The van der Waals surface area contributed by atoms with Crippen molar-refractivity contribution in [3.8, 4) is 0 Å². The average molecular weight is 405 g/mol. The van der Waals surface area contributed by atoms with Crippen molar-refractivity contribution >= 4 is 18.7 Å². The van der Waals surface area contributed by atoms with Gasteiger partial charge in [-0.25, -0.2) is 9.18 Å². The molecule has 0 saturated carbocycles. The summed E-state index contributed by atoms with van der Waals surface area (Å²) >= 11 is 0. The second-order valence-electron chi connectivity index (χ2n) is 10.2. The van der Waals surface area contributed by atoms with Gasteiger partial charge in [0, 0.05) is 5.46 Å².